The Kier molecular flexibility index (Phi) is 5.17. The van der Waals surface area contributed by atoms with Crippen LogP contribution in [0.25, 0.3) is 0 Å². The van der Waals surface area contributed by atoms with Crippen LogP contribution in [0.3, 0.4) is 0 Å². The van der Waals surface area contributed by atoms with Crippen LogP contribution < -0.4 is 10.2 Å². The molecule has 1 aliphatic heterocycles. The minimum atomic E-state index is 0.434. The Bertz CT molecular complexity index is 445. The molecule has 3 atom stereocenters. The summed E-state index contributed by atoms with van der Waals surface area (Å²) in [5.74, 6) is 1.93. The van der Waals surface area contributed by atoms with Gasteiger partial charge in [0.05, 0.1) is 0 Å². The molecule has 0 radical (unpaired) electrons. The van der Waals surface area contributed by atoms with Gasteiger partial charge in [0, 0.05) is 30.2 Å². The predicted octanol–water partition coefficient (Wildman–Crippen LogP) is 4.22. The van der Waals surface area contributed by atoms with Crippen LogP contribution in [0, 0.1) is 11.8 Å². The molecule has 21 heavy (non-hydrogen) atoms. The molecule has 1 aromatic rings. The molecule has 2 aliphatic rings. The van der Waals surface area contributed by atoms with Crippen molar-refractivity contribution in [2.24, 2.45) is 11.8 Å². The summed E-state index contributed by atoms with van der Waals surface area (Å²) >= 11 is 1.89. The molecule has 1 saturated heterocycles. The summed E-state index contributed by atoms with van der Waals surface area (Å²) in [5, 5.41) is 4.81. The van der Waals surface area contributed by atoms with Gasteiger partial charge < -0.3 is 10.2 Å². The van der Waals surface area contributed by atoms with Crippen LogP contribution in [0.15, 0.2) is 6.20 Å². The maximum atomic E-state index is 4.71. The number of anilines is 1. The lowest BCUT2D eigenvalue weighted by Gasteiger charge is -2.41. The van der Waals surface area contributed by atoms with Gasteiger partial charge in [0.25, 0.3) is 0 Å². The summed E-state index contributed by atoms with van der Waals surface area (Å²) in [6, 6.07) is 0.434. The SMILES string of the molecule is CCCNC(C)c1cnc(N2CCC3CCCCC3C2)s1. The van der Waals surface area contributed by atoms with Gasteiger partial charge in [0.2, 0.25) is 0 Å². The molecule has 2 heterocycles. The molecule has 4 heteroatoms. The van der Waals surface area contributed by atoms with Crippen LogP contribution in [0.1, 0.15) is 63.3 Å². The Hall–Kier alpha value is -0.610. The molecule has 1 saturated carbocycles. The molecule has 1 aliphatic carbocycles. The van der Waals surface area contributed by atoms with E-state index in [1.165, 1.54) is 61.6 Å². The fraction of sp³-hybridized carbons (Fsp3) is 0.824. The third kappa shape index (κ3) is 3.59. The lowest BCUT2D eigenvalue weighted by Crippen LogP contribution is -2.41. The summed E-state index contributed by atoms with van der Waals surface area (Å²) in [4.78, 5) is 8.64. The molecule has 1 N–H and O–H groups in total. The molecular weight excluding hydrogens is 278 g/mol. The normalized spacial score (nSPS) is 27.4. The first-order valence-corrected chi connectivity index (χ1v) is 9.53. The first kappa shape index (κ1) is 15.3. The topological polar surface area (TPSA) is 28.2 Å². The number of fused-ring (bicyclic) bond motifs is 1. The quantitative estimate of drug-likeness (QED) is 0.883. The van der Waals surface area contributed by atoms with Crippen molar-refractivity contribution in [3.05, 3.63) is 11.1 Å². The van der Waals surface area contributed by atoms with E-state index in [1.807, 2.05) is 11.3 Å². The zero-order valence-electron chi connectivity index (χ0n) is 13.5. The van der Waals surface area contributed by atoms with E-state index in [2.05, 4.69) is 30.3 Å². The Labute approximate surface area is 133 Å². The van der Waals surface area contributed by atoms with Gasteiger partial charge in [-0.1, -0.05) is 26.2 Å². The molecule has 2 fully saturated rings. The standard InChI is InChI=1S/C17H29N3S/c1-3-9-18-13(2)16-11-19-17(21-16)20-10-8-14-6-4-5-7-15(14)12-20/h11,13-15,18H,3-10,12H2,1-2H3. The smallest absolute Gasteiger partial charge is 0.185 e. The third-order valence-corrected chi connectivity index (χ3v) is 6.44. The Morgan fingerprint density at radius 1 is 1.33 bits per heavy atom. The van der Waals surface area contributed by atoms with E-state index < -0.39 is 0 Å². The number of hydrogen-bond acceptors (Lipinski definition) is 4. The van der Waals surface area contributed by atoms with Crippen molar-refractivity contribution in [2.75, 3.05) is 24.5 Å². The number of aromatic nitrogens is 1. The Balaban J connectivity index is 1.60. The van der Waals surface area contributed by atoms with Gasteiger partial charge in [-0.25, -0.2) is 4.98 Å². The van der Waals surface area contributed by atoms with Gasteiger partial charge in [-0.15, -0.1) is 11.3 Å². The average Bonchev–Trinajstić information content (AvgIpc) is 3.02. The third-order valence-electron chi connectivity index (χ3n) is 5.20. The zero-order chi connectivity index (χ0) is 14.7. The van der Waals surface area contributed by atoms with Gasteiger partial charge >= 0.3 is 0 Å². The van der Waals surface area contributed by atoms with Crippen molar-refractivity contribution in [3.8, 4) is 0 Å². The maximum absolute atomic E-state index is 4.71. The molecule has 3 unspecified atom stereocenters. The van der Waals surface area contributed by atoms with Crippen LogP contribution in [0.2, 0.25) is 0 Å². The highest BCUT2D eigenvalue weighted by molar-refractivity contribution is 7.15. The first-order chi connectivity index (χ1) is 10.3. The van der Waals surface area contributed by atoms with E-state index >= 15 is 0 Å². The van der Waals surface area contributed by atoms with Gasteiger partial charge in [-0.2, -0.15) is 0 Å². The molecule has 0 aromatic carbocycles. The van der Waals surface area contributed by atoms with E-state index in [1.54, 1.807) is 0 Å². The number of nitrogens with zero attached hydrogens (tertiary/aromatic N) is 2. The van der Waals surface area contributed by atoms with Gasteiger partial charge in [-0.3, -0.25) is 0 Å². The number of thiazole rings is 1. The summed E-state index contributed by atoms with van der Waals surface area (Å²) in [6.07, 6.45) is 10.5. The van der Waals surface area contributed by atoms with Crippen LogP contribution in [0.4, 0.5) is 5.13 Å². The number of rotatable bonds is 5. The maximum Gasteiger partial charge on any atom is 0.185 e. The highest BCUT2D eigenvalue weighted by Crippen LogP contribution is 2.38. The van der Waals surface area contributed by atoms with E-state index in [9.17, 15) is 0 Å². The molecule has 1 aromatic heterocycles. The van der Waals surface area contributed by atoms with Gasteiger partial charge in [0.15, 0.2) is 5.13 Å². The molecule has 0 spiro atoms. The van der Waals surface area contributed by atoms with Crippen molar-refractivity contribution in [2.45, 2.75) is 58.4 Å². The Morgan fingerprint density at radius 3 is 2.95 bits per heavy atom. The van der Waals surface area contributed by atoms with Crippen LogP contribution in [0.5, 0.6) is 0 Å². The van der Waals surface area contributed by atoms with Crippen molar-refractivity contribution >= 4 is 16.5 Å². The second-order valence-electron chi connectivity index (χ2n) is 6.76. The van der Waals surface area contributed by atoms with Crippen molar-refractivity contribution in [3.63, 3.8) is 0 Å². The van der Waals surface area contributed by atoms with Crippen molar-refractivity contribution < 1.29 is 0 Å². The molecule has 0 amide bonds. The second-order valence-corrected chi connectivity index (χ2v) is 7.80. The monoisotopic (exact) mass is 307 g/mol. The molecule has 3 nitrogen and oxygen atoms in total. The van der Waals surface area contributed by atoms with E-state index in [0.717, 1.165) is 18.4 Å². The van der Waals surface area contributed by atoms with Gasteiger partial charge in [0.1, 0.15) is 0 Å². The number of piperidine rings is 1. The minimum Gasteiger partial charge on any atom is -0.348 e. The largest absolute Gasteiger partial charge is 0.348 e. The first-order valence-electron chi connectivity index (χ1n) is 8.72. The lowest BCUT2D eigenvalue weighted by atomic mass is 9.75. The minimum absolute atomic E-state index is 0.434. The van der Waals surface area contributed by atoms with Crippen LogP contribution in [-0.4, -0.2) is 24.6 Å². The summed E-state index contributed by atoms with van der Waals surface area (Å²) in [7, 11) is 0. The fourth-order valence-electron chi connectivity index (χ4n) is 3.86. The highest BCUT2D eigenvalue weighted by atomic mass is 32.1. The lowest BCUT2D eigenvalue weighted by molar-refractivity contribution is 0.202. The van der Waals surface area contributed by atoms with Crippen LogP contribution >= 0.6 is 11.3 Å². The predicted molar refractivity (Wildman–Crippen MR) is 91.1 cm³/mol. The molecular formula is C17H29N3S. The zero-order valence-corrected chi connectivity index (χ0v) is 14.3. The molecule has 0 bridgehead atoms. The van der Waals surface area contributed by atoms with Crippen molar-refractivity contribution in [1.29, 1.82) is 0 Å². The highest BCUT2D eigenvalue weighted by Gasteiger charge is 2.32. The second kappa shape index (κ2) is 7.10. The Morgan fingerprint density at radius 2 is 2.14 bits per heavy atom. The van der Waals surface area contributed by atoms with Gasteiger partial charge in [-0.05, 0) is 44.6 Å². The van der Waals surface area contributed by atoms with E-state index in [4.69, 9.17) is 4.98 Å². The number of hydrogen-bond donors (Lipinski definition) is 1. The van der Waals surface area contributed by atoms with Crippen LogP contribution in [-0.2, 0) is 0 Å². The summed E-state index contributed by atoms with van der Waals surface area (Å²) < 4.78 is 0. The fourth-order valence-corrected chi connectivity index (χ4v) is 4.84. The number of nitrogens with one attached hydrogen (secondary N) is 1. The summed E-state index contributed by atoms with van der Waals surface area (Å²) in [5.41, 5.74) is 0. The van der Waals surface area contributed by atoms with Crippen molar-refractivity contribution in [1.82, 2.24) is 10.3 Å². The van der Waals surface area contributed by atoms with E-state index in [-0.39, 0.29) is 0 Å². The molecule has 3 rings (SSSR count). The van der Waals surface area contributed by atoms with E-state index in [0.29, 0.717) is 6.04 Å². The summed E-state index contributed by atoms with van der Waals surface area (Å²) in [6.45, 7) is 8.01. The molecule has 118 valence electrons. The average molecular weight is 308 g/mol.